The Morgan fingerprint density at radius 3 is 1.97 bits per heavy atom. The second-order valence-corrected chi connectivity index (χ2v) is 12.2. The molecule has 0 atom stereocenters. The lowest BCUT2D eigenvalue weighted by Crippen LogP contribution is -2.12. The van der Waals surface area contributed by atoms with Crippen LogP contribution in [0, 0.1) is 13.8 Å². The summed E-state index contributed by atoms with van der Waals surface area (Å²) >= 11 is 0. The largest absolute Gasteiger partial charge is 0.493 e. The Kier molecular flexibility index (Phi) is 8.94. The van der Waals surface area contributed by atoms with Crippen LogP contribution in [0.25, 0.3) is 0 Å². The van der Waals surface area contributed by atoms with Gasteiger partial charge < -0.3 is 18.5 Å². The van der Waals surface area contributed by atoms with Crippen molar-refractivity contribution >= 4 is 17.4 Å². The van der Waals surface area contributed by atoms with E-state index >= 15 is 0 Å². The smallest absolute Gasteiger partial charge is 0.346 e. The second-order valence-electron chi connectivity index (χ2n) is 7.74. The van der Waals surface area contributed by atoms with E-state index in [1.54, 1.807) is 34.8 Å². The lowest BCUT2D eigenvalue weighted by molar-refractivity contribution is 0.224. The summed E-state index contributed by atoms with van der Waals surface area (Å²) in [4.78, 5) is 0.0431. The van der Waals surface area contributed by atoms with Crippen molar-refractivity contribution in [2.45, 2.75) is 52.4 Å². The molecule has 0 radical (unpaired) electrons. The van der Waals surface area contributed by atoms with Crippen LogP contribution in [-0.2, 0) is 23.4 Å². The molecule has 0 aliphatic carbocycles. The quantitative estimate of drug-likeness (QED) is 0.350. The molecule has 9 heteroatoms. The highest BCUT2D eigenvalue weighted by atomic mass is 32.2. The molecule has 0 bridgehead atoms. The molecule has 2 rings (SSSR count). The van der Waals surface area contributed by atoms with Gasteiger partial charge in [-0.1, -0.05) is 19.9 Å². The highest BCUT2D eigenvalue weighted by molar-refractivity contribution is 7.97. The van der Waals surface area contributed by atoms with Gasteiger partial charge in [-0.15, -0.1) is 0 Å². The van der Waals surface area contributed by atoms with Crippen LogP contribution in [0.4, 0.5) is 0 Å². The van der Waals surface area contributed by atoms with Gasteiger partial charge >= 0.3 is 7.60 Å². The van der Waals surface area contributed by atoms with Crippen LogP contribution in [0.3, 0.4) is 0 Å². The van der Waals surface area contributed by atoms with Crippen LogP contribution >= 0.6 is 7.60 Å². The van der Waals surface area contributed by atoms with Crippen molar-refractivity contribution in [1.29, 1.82) is 0 Å². The fraction of sp³-hybridized carbons (Fsp3) is 0.478. The summed E-state index contributed by atoms with van der Waals surface area (Å²) in [7, 11) is -6.10. The van der Waals surface area contributed by atoms with Crippen molar-refractivity contribution < 1.29 is 31.5 Å². The van der Waals surface area contributed by atoms with E-state index in [0.29, 0.717) is 34.3 Å². The molecule has 32 heavy (non-hydrogen) atoms. The fourth-order valence-corrected chi connectivity index (χ4v) is 7.71. The van der Waals surface area contributed by atoms with Crippen molar-refractivity contribution in [2.24, 2.45) is 0 Å². The van der Waals surface area contributed by atoms with Gasteiger partial charge in [0.15, 0.2) is 26.8 Å². The average Bonchev–Trinajstić information content (AvgIpc) is 2.70. The topological polar surface area (TPSA) is 88.1 Å². The van der Waals surface area contributed by atoms with E-state index in [1.165, 1.54) is 12.1 Å². The molecule has 0 spiro atoms. The Hall–Kier alpha value is -1.86. The van der Waals surface area contributed by atoms with Gasteiger partial charge in [0.05, 0.1) is 25.2 Å². The summed E-state index contributed by atoms with van der Waals surface area (Å²) in [5.41, 5.74) is 1.66. The molecule has 2 aromatic rings. The van der Waals surface area contributed by atoms with Crippen molar-refractivity contribution in [3.05, 3.63) is 47.0 Å². The van der Waals surface area contributed by atoms with Gasteiger partial charge in [-0.2, -0.15) is 0 Å². The van der Waals surface area contributed by atoms with E-state index in [4.69, 9.17) is 18.5 Å². The number of benzene rings is 2. The molecule has 0 saturated carbocycles. The summed E-state index contributed by atoms with van der Waals surface area (Å²) in [5, 5.41) is 0. The van der Waals surface area contributed by atoms with Crippen LogP contribution in [0.15, 0.2) is 35.2 Å². The minimum absolute atomic E-state index is 0.0431. The van der Waals surface area contributed by atoms with Gasteiger partial charge in [-0.25, -0.2) is 8.42 Å². The normalized spacial score (nSPS) is 12.2. The predicted molar refractivity (Wildman–Crippen MR) is 126 cm³/mol. The molecule has 0 saturated heterocycles. The maximum atomic E-state index is 13.0. The number of hydrogen-bond donors (Lipinski definition) is 0. The Balaban J connectivity index is 2.39. The standard InChI is InChI=1S/C23H33O7PS/c1-8-28-31(24,29-9-2)15-32(25,26)20-12-17(5)23(18(6)13-20)30-21-11-10-19(16(3)4)14-22(21)27-7/h10-14,16H,8-9,15H2,1-7H3. The third kappa shape index (κ3) is 6.35. The molecular weight excluding hydrogens is 451 g/mol. The lowest BCUT2D eigenvalue weighted by atomic mass is 10.0. The fourth-order valence-electron chi connectivity index (χ4n) is 3.28. The first-order chi connectivity index (χ1) is 15.0. The van der Waals surface area contributed by atoms with Gasteiger partial charge in [0.25, 0.3) is 0 Å². The Bertz CT molecular complexity index is 1060. The maximum absolute atomic E-state index is 13.0. The first-order valence-electron chi connectivity index (χ1n) is 10.5. The number of rotatable bonds is 11. The maximum Gasteiger partial charge on any atom is 0.346 e. The van der Waals surface area contributed by atoms with Crippen molar-refractivity contribution in [3.63, 3.8) is 0 Å². The molecule has 0 fully saturated rings. The SMILES string of the molecule is CCOP(=O)(CS(=O)(=O)c1cc(C)c(Oc2ccc(C(C)C)cc2OC)c(C)c1)OCC. The highest BCUT2D eigenvalue weighted by Crippen LogP contribution is 2.50. The Labute approximate surface area is 191 Å². The zero-order valence-electron chi connectivity index (χ0n) is 19.8. The lowest BCUT2D eigenvalue weighted by Gasteiger charge is -2.19. The highest BCUT2D eigenvalue weighted by Gasteiger charge is 2.33. The molecule has 0 unspecified atom stereocenters. The molecule has 0 aliphatic heterocycles. The van der Waals surface area contributed by atoms with E-state index in [9.17, 15) is 13.0 Å². The third-order valence-electron chi connectivity index (χ3n) is 4.84. The van der Waals surface area contributed by atoms with Crippen molar-refractivity contribution in [3.8, 4) is 17.2 Å². The van der Waals surface area contributed by atoms with Gasteiger partial charge in [0, 0.05) is 0 Å². The van der Waals surface area contributed by atoms with Crippen LogP contribution in [0.5, 0.6) is 17.2 Å². The number of sulfone groups is 1. The van der Waals surface area contributed by atoms with Crippen LogP contribution in [-0.4, -0.2) is 34.2 Å². The van der Waals surface area contributed by atoms with E-state index in [0.717, 1.165) is 5.56 Å². The van der Waals surface area contributed by atoms with E-state index < -0.39 is 22.9 Å². The summed E-state index contributed by atoms with van der Waals surface area (Å²) < 4.78 is 60.6. The molecule has 0 N–H and O–H groups in total. The van der Waals surface area contributed by atoms with E-state index in [-0.39, 0.29) is 18.1 Å². The van der Waals surface area contributed by atoms with Gasteiger partial charge in [-0.3, -0.25) is 4.57 Å². The second kappa shape index (κ2) is 10.8. The average molecular weight is 485 g/mol. The molecule has 0 amide bonds. The Morgan fingerprint density at radius 2 is 1.50 bits per heavy atom. The molecule has 0 heterocycles. The molecule has 0 aromatic heterocycles. The molecule has 2 aromatic carbocycles. The molecular formula is C23H33O7PS. The molecule has 0 aliphatic rings. The summed E-state index contributed by atoms with van der Waals surface area (Å²) in [6, 6.07) is 8.77. The number of methoxy groups -OCH3 is 1. The molecule has 178 valence electrons. The number of aryl methyl sites for hydroxylation is 2. The zero-order chi connectivity index (χ0) is 24.1. The van der Waals surface area contributed by atoms with E-state index in [2.05, 4.69) is 13.8 Å². The van der Waals surface area contributed by atoms with Crippen LogP contribution < -0.4 is 9.47 Å². The predicted octanol–water partition coefficient (Wildman–Crippen LogP) is 6.23. The number of ether oxygens (including phenoxy) is 2. The number of hydrogen-bond acceptors (Lipinski definition) is 7. The summed E-state index contributed by atoms with van der Waals surface area (Å²) in [5.74, 6) is 2.02. The van der Waals surface area contributed by atoms with Crippen LogP contribution in [0.1, 0.15) is 50.3 Å². The first kappa shape index (κ1) is 26.4. The van der Waals surface area contributed by atoms with Gasteiger partial charge in [0.1, 0.15) is 5.75 Å². The monoisotopic (exact) mass is 484 g/mol. The third-order valence-corrected chi connectivity index (χ3v) is 9.72. The van der Waals surface area contributed by atoms with Gasteiger partial charge in [-0.05, 0) is 74.6 Å². The zero-order valence-corrected chi connectivity index (χ0v) is 21.5. The summed E-state index contributed by atoms with van der Waals surface area (Å²) in [6.07, 6.45) is 0. The van der Waals surface area contributed by atoms with Gasteiger partial charge in [0.2, 0.25) is 0 Å². The minimum atomic E-state index is -3.92. The van der Waals surface area contributed by atoms with E-state index in [1.807, 2.05) is 18.2 Å². The molecule has 7 nitrogen and oxygen atoms in total. The van der Waals surface area contributed by atoms with Crippen molar-refractivity contribution in [1.82, 2.24) is 0 Å². The Morgan fingerprint density at radius 1 is 0.938 bits per heavy atom. The summed E-state index contributed by atoms with van der Waals surface area (Å²) in [6.45, 7) is 11.2. The van der Waals surface area contributed by atoms with Crippen molar-refractivity contribution in [2.75, 3.05) is 25.8 Å². The van der Waals surface area contributed by atoms with Crippen LogP contribution in [0.2, 0.25) is 0 Å². The minimum Gasteiger partial charge on any atom is -0.493 e. The first-order valence-corrected chi connectivity index (χ1v) is 13.9.